The Morgan fingerprint density at radius 2 is 2.08 bits per heavy atom. The van der Waals surface area contributed by atoms with E-state index in [0.29, 0.717) is 45.0 Å². The molecule has 0 bridgehead atoms. The fraction of sp³-hybridized carbons (Fsp3) is 0.588. The second-order valence-electron chi connectivity index (χ2n) is 6.81. The third-order valence-corrected chi connectivity index (χ3v) is 4.65. The molecule has 1 atom stereocenters. The van der Waals surface area contributed by atoms with Gasteiger partial charge in [0, 0.05) is 33.7 Å². The van der Waals surface area contributed by atoms with E-state index in [1.54, 1.807) is 23.9 Å². The molecule has 2 amide bonds. The topological polar surface area (TPSA) is 54.0 Å². The molecule has 1 aromatic rings. The van der Waals surface area contributed by atoms with Gasteiger partial charge in [-0.25, -0.2) is 4.79 Å². The summed E-state index contributed by atoms with van der Waals surface area (Å²) in [6.45, 7) is 2.11. The highest BCUT2D eigenvalue weighted by Gasteiger charge is 2.42. The van der Waals surface area contributed by atoms with Crippen LogP contribution in [0, 0.1) is 0 Å². The fourth-order valence-corrected chi connectivity index (χ4v) is 3.24. The number of morpholine rings is 1. The lowest BCUT2D eigenvalue weighted by Gasteiger charge is -2.39. The van der Waals surface area contributed by atoms with Crippen LogP contribution in [0.2, 0.25) is 0 Å². The van der Waals surface area contributed by atoms with Crippen molar-refractivity contribution in [2.75, 3.05) is 57.2 Å². The van der Waals surface area contributed by atoms with Crippen molar-refractivity contribution in [2.45, 2.75) is 18.2 Å². The summed E-state index contributed by atoms with van der Waals surface area (Å²) >= 11 is 0. The molecule has 144 valence electrons. The number of carbonyl (C=O) groups excluding carboxylic acids is 1. The number of halogens is 3. The van der Waals surface area contributed by atoms with E-state index in [2.05, 4.69) is 5.32 Å². The van der Waals surface area contributed by atoms with Gasteiger partial charge in [-0.05, 0) is 18.2 Å². The van der Waals surface area contributed by atoms with Crippen molar-refractivity contribution in [3.63, 3.8) is 0 Å². The first kappa shape index (κ1) is 18.8. The predicted molar refractivity (Wildman–Crippen MR) is 90.5 cm³/mol. The van der Waals surface area contributed by atoms with Crippen molar-refractivity contribution in [1.29, 1.82) is 0 Å². The Morgan fingerprint density at radius 1 is 1.31 bits per heavy atom. The van der Waals surface area contributed by atoms with E-state index < -0.39 is 23.4 Å². The lowest BCUT2D eigenvalue weighted by Crippen LogP contribution is -2.55. The molecule has 6 nitrogen and oxygen atoms in total. The quantitative estimate of drug-likeness (QED) is 0.866. The van der Waals surface area contributed by atoms with Gasteiger partial charge in [0.2, 0.25) is 0 Å². The van der Waals surface area contributed by atoms with Gasteiger partial charge in [-0.1, -0.05) is 0 Å². The Hall–Kier alpha value is -2.00. The van der Waals surface area contributed by atoms with Crippen molar-refractivity contribution < 1.29 is 27.4 Å². The normalized spacial score (nSPS) is 23.3. The summed E-state index contributed by atoms with van der Waals surface area (Å²) in [7, 11) is 3.41. The van der Waals surface area contributed by atoms with Crippen molar-refractivity contribution in [3.8, 4) is 0 Å². The molecule has 2 saturated heterocycles. The molecule has 0 radical (unpaired) electrons. The van der Waals surface area contributed by atoms with Gasteiger partial charge >= 0.3 is 12.2 Å². The maximum atomic E-state index is 13.0. The third kappa shape index (κ3) is 3.88. The zero-order valence-electron chi connectivity index (χ0n) is 14.7. The van der Waals surface area contributed by atoms with Crippen LogP contribution >= 0.6 is 0 Å². The van der Waals surface area contributed by atoms with Crippen LogP contribution in [0.5, 0.6) is 0 Å². The molecule has 3 rings (SSSR count). The Balaban J connectivity index is 1.79. The number of carbonyl (C=O) groups is 1. The molecule has 2 aliphatic heterocycles. The molecule has 1 spiro atoms. The number of benzene rings is 1. The largest absolute Gasteiger partial charge is 0.416 e. The number of anilines is 2. The summed E-state index contributed by atoms with van der Waals surface area (Å²) in [6, 6.07) is 2.87. The van der Waals surface area contributed by atoms with Gasteiger partial charge in [0.15, 0.2) is 0 Å². The molecule has 2 aliphatic rings. The fourth-order valence-electron chi connectivity index (χ4n) is 3.24. The Morgan fingerprint density at radius 3 is 2.69 bits per heavy atom. The Labute approximate surface area is 149 Å². The maximum Gasteiger partial charge on any atom is 0.416 e. The number of ether oxygens (including phenoxy) is 2. The SMILES string of the molecule is CN(C)c1ccc(C(F)(F)F)cc1NC(=O)N1CCO[C@@]2(CCOC2)C1. The molecule has 0 unspecified atom stereocenters. The van der Waals surface area contributed by atoms with Gasteiger partial charge in [0.1, 0.15) is 5.60 Å². The minimum Gasteiger partial charge on any atom is -0.378 e. The van der Waals surface area contributed by atoms with Crippen LogP contribution in [0.15, 0.2) is 18.2 Å². The van der Waals surface area contributed by atoms with Gasteiger partial charge in [0.25, 0.3) is 0 Å². The van der Waals surface area contributed by atoms with E-state index in [1.165, 1.54) is 6.07 Å². The van der Waals surface area contributed by atoms with Crippen LogP contribution in [0.25, 0.3) is 0 Å². The van der Waals surface area contributed by atoms with Crippen LogP contribution in [-0.4, -0.2) is 63.5 Å². The second-order valence-corrected chi connectivity index (χ2v) is 6.81. The number of hydrogen-bond donors (Lipinski definition) is 1. The number of amides is 2. The summed E-state index contributed by atoms with van der Waals surface area (Å²) in [5.74, 6) is 0. The van der Waals surface area contributed by atoms with Gasteiger partial charge in [-0.15, -0.1) is 0 Å². The molecule has 0 aromatic heterocycles. The van der Waals surface area contributed by atoms with Crippen molar-refractivity contribution in [3.05, 3.63) is 23.8 Å². The van der Waals surface area contributed by atoms with Gasteiger partial charge in [-0.2, -0.15) is 13.2 Å². The predicted octanol–water partition coefficient (Wildman–Crippen LogP) is 2.79. The zero-order chi connectivity index (χ0) is 18.9. The van der Waals surface area contributed by atoms with Gasteiger partial charge in [0.05, 0.1) is 36.7 Å². The number of alkyl halides is 3. The van der Waals surface area contributed by atoms with E-state index in [-0.39, 0.29) is 5.69 Å². The lowest BCUT2D eigenvalue weighted by atomic mass is 10.0. The van der Waals surface area contributed by atoms with E-state index >= 15 is 0 Å². The highest BCUT2D eigenvalue weighted by atomic mass is 19.4. The van der Waals surface area contributed by atoms with Crippen molar-refractivity contribution in [1.82, 2.24) is 4.90 Å². The smallest absolute Gasteiger partial charge is 0.378 e. The molecule has 2 fully saturated rings. The maximum absolute atomic E-state index is 13.0. The summed E-state index contributed by atoms with van der Waals surface area (Å²) in [5, 5.41) is 2.63. The molecule has 0 aliphatic carbocycles. The molecular weight excluding hydrogens is 351 g/mol. The monoisotopic (exact) mass is 373 g/mol. The van der Waals surface area contributed by atoms with Crippen LogP contribution in [0.3, 0.4) is 0 Å². The molecule has 9 heteroatoms. The average Bonchev–Trinajstić information content (AvgIpc) is 3.01. The number of hydrogen-bond acceptors (Lipinski definition) is 4. The first-order valence-corrected chi connectivity index (χ1v) is 8.36. The van der Waals surface area contributed by atoms with E-state index in [9.17, 15) is 18.0 Å². The van der Waals surface area contributed by atoms with E-state index in [0.717, 1.165) is 12.1 Å². The number of nitrogens with zero attached hydrogens (tertiary/aromatic N) is 2. The lowest BCUT2D eigenvalue weighted by molar-refractivity contribution is -0.137. The molecule has 26 heavy (non-hydrogen) atoms. The van der Waals surface area contributed by atoms with Crippen LogP contribution in [0.1, 0.15) is 12.0 Å². The zero-order valence-corrected chi connectivity index (χ0v) is 14.7. The Bertz CT molecular complexity index is 673. The number of urea groups is 1. The van der Waals surface area contributed by atoms with Gasteiger partial charge in [-0.3, -0.25) is 0 Å². The second kappa shape index (κ2) is 6.96. The highest BCUT2D eigenvalue weighted by molar-refractivity contribution is 5.93. The Kier molecular flexibility index (Phi) is 5.03. The van der Waals surface area contributed by atoms with Gasteiger partial charge < -0.3 is 24.6 Å². The summed E-state index contributed by atoms with van der Waals surface area (Å²) < 4.78 is 50.2. The summed E-state index contributed by atoms with van der Waals surface area (Å²) in [4.78, 5) is 15.9. The minimum absolute atomic E-state index is 0.123. The summed E-state index contributed by atoms with van der Waals surface area (Å²) in [5.41, 5.74) is -0.689. The number of rotatable bonds is 2. The van der Waals surface area contributed by atoms with Crippen molar-refractivity contribution in [2.24, 2.45) is 0 Å². The molecule has 1 N–H and O–H groups in total. The highest BCUT2D eigenvalue weighted by Crippen LogP contribution is 2.35. The van der Waals surface area contributed by atoms with Crippen LogP contribution in [0.4, 0.5) is 29.3 Å². The average molecular weight is 373 g/mol. The van der Waals surface area contributed by atoms with Crippen molar-refractivity contribution >= 4 is 17.4 Å². The summed E-state index contributed by atoms with van der Waals surface area (Å²) in [6.07, 6.45) is -3.78. The van der Waals surface area contributed by atoms with Crippen LogP contribution in [-0.2, 0) is 15.7 Å². The molecule has 0 saturated carbocycles. The van der Waals surface area contributed by atoms with E-state index in [4.69, 9.17) is 9.47 Å². The van der Waals surface area contributed by atoms with Crippen LogP contribution < -0.4 is 10.2 Å². The first-order chi connectivity index (χ1) is 12.2. The first-order valence-electron chi connectivity index (χ1n) is 8.36. The number of nitrogens with one attached hydrogen (secondary N) is 1. The molecule has 2 heterocycles. The standard InChI is InChI=1S/C17H22F3N3O3/c1-22(2)14-4-3-12(17(18,19)20)9-13(14)21-15(24)23-6-8-26-16(10-23)5-7-25-11-16/h3-4,9H,5-8,10-11H2,1-2H3,(H,21,24)/t16-/m0/s1. The minimum atomic E-state index is -4.48. The molecule has 1 aromatic carbocycles. The van der Waals surface area contributed by atoms with E-state index in [1.807, 2.05) is 0 Å². The molecular formula is C17H22F3N3O3. The third-order valence-electron chi connectivity index (χ3n) is 4.65.